The molecule has 0 amide bonds. The van der Waals surface area contributed by atoms with Gasteiger partial charge in [-0.15, -0.1) is 10.2 Å². The van der Waals surface area contributed by atoms with E-state index >= 15 is 0 Å². The standard InChI is InChI=1S/C13H12N6/c1-3-19-11(6-9(2)17-19)13-16-15-12-5-4-10(7-14)8-18(12)13/h4-6,8H,3H2,1-2H3. The van der Waals surface area contributed by atoms with Gasteiger partial charge in [0.25, 0.3) is 0 Å². The molecule has 0 aliphatic rings. The van der Waals surface area contributed by atoms with Crippen LogP contribution in [0.4, 0.5) is 0 Å². The number of rotatable bonds is 2. The van der Waals surface area contributed by atoms with Gasteiger partial charge in [0.2, 0.25) is 0 Å². The third kappa shape index (κ3) is 1.76. The summed E-state index contributed by atoms with van der Waals surface area (Å²) in [4.78, 5) is 0. The molecule has 6 heteroatoms. The van der Waals surface area contributed by atoms with Crippen LogP contribution in [0.25, 0.3) is 17.2 Å². The summed E-state index contributed by atoms with van der Waals surface area (Å²) in [6.45, 7) is 4.73. The maximum atomic E-state index is 8.98. The van der Waals surface area contributed by atoms with Gasteiger partial charge in [-0.3, -0.25) is 9.08 Å². The quantitative estimate of drug-likeness (QED) is 0.697. The molecule has 0 saturated carbocycles. The van der Waals surface area contributed by atoms with Gasteiger partial charge in [0.05, 0.1) is 11.3 Å². The van der Waals surface area contributed by atoms with Gasteiger partial charge >= 0.3 is 0 Å². The van der Waals surface area contributed by atoms with Crippen LogP contribution in [0.15, 0.2) is 24.4 Å². The largest absolute Gasteiger partial charge is 0.280 e. The molecule has 0 radical (unpaired) electrons. The van der Waals surface area contributed by atoms with E-state index in [0.717, 1.165) is 23.6 Å². The normalized spacial score (nSPS) is 10.8. The molecule has 3 rings (SSSR count). The van der Waals surface area contributed by atoms with Crippen LogP contribution in [-0.2, 0) is 6.54 Å². The van der Waals surface area contributed by atoms with Crippen molar-refractivity contribution < 1.29 is 0 Å². The Bertz CT molecular complexity index is 789. The molecular weight excluding hydrogens is 240 g/mol. The van der Waals surface area contributed by atoms with Gasteiger partial charge in [0.1, 0.15) is 11.8 Å². The molecular formula is C13H12N6. The summed E-state index contributed by atoms with van der Waals surface area (Å²) in [7, 11) is 0. The number of aryl methyl sites for hydroxylation is 2. The second kappa shape index (κ2) is 4.21. The number of hydrogen-bond donors (Lipinski definition) is 0. The van der Waals surface area contributed by atoms with Crippen LogP contribution in [0.1, 0.15) is 18.2 Å². The van der Waals surface area contributed by atoms with E-state index in [4.69, 9.17) is 5.26 Å². The Hall–Kier alpha value is -2.68. The van der Waals surface area contributed by atoms with E-state index in [1.165, 1.54) is 0 Å². The van der Waals surface area contributed by atoms with Crippen molar-refractivity contribution >= 4 is 5.65 Å². The number of aromatic nitrogens is 5. The molecule has 0 atom stereocenters. The number of nitrogens with zero attached hydrogens (tertiary/aromatic N) is 6. The van der Waals surface area contributed by atoms with Crippen molar-refractivity contribution in [2.24, 2.45) is 0 Å². The molecule has 6 nitrogen and oxygen atoms in total. The average molecular weight is 252 g/mol. The van der Waals surface area contributed by atoms with E-state index in [2.05, 4.69) is 21.4 Å². The van der Waals surface area contributed by atoms with Crippen molar-refractivity contribution in [2.45, 2.75) is 20.4 Å². The van der Waals surface area contributed by atoms with Crippen molar-refractivity contribution in [3.05, 3.63) is 35.7 Å². The minimum atomic E-state index is 0.577. The van der Waals surface area contributed by atoms with E-state index in [0.29, 0.717) is 11.4 Å². The third-order valence-electron chi connectivity index (χ3n) is 2.96. The highest BCUT2D eigenvalue weighted by atomic mass is 15.3. The minimum Gasteiger partial charge on any atom is -0.280 e. The Balaban J connectivity index is 2.27. The summed E-state index contributed by atoms with van der Waals surface area (Å²) >= 11 is 0. The fourth-order valence-corrected chi connectivity index (χ4v) is 2.10. The number of hydrogen-bond acceptors (Lipinski definition) is 4. The van der Waals surface area contributed by atoms with Crippen LogP contribution in [-0.4, -0.2) is 24.4 Å². The average Bonchev–Trinajstić information content (AvgIpc) is 3.00. The Morgan fingerprint density at radius 2 is 2.16 bits per heavy atom. The zero-order valence-corrected chi connectivity index (χ0v) is 10.7. The van der Waals surface area contributed by atoms with Crippen molar-refractivity contribution in [3.8, 4) is 17.6 Å². The molecule has 3 heterocycles. The monoisotopic (exact) mass is 252 g/mol. The van der Waals surface area contributed by atoms with Gasteiger partial charge in [-0.2, -0.15) is 10.4 Å². The molecule has 3 aromatic heterocycles. The number of fused-ring (bicyclic) bond motifs is 1. The lowest BCUT2D eigenvalue weighted by molar-refractivity contribution is 0.656. The van der Waals surface area contributed by atoms with E-state index in [9.17, 15) is 0 Å². The van der Waals surface area contributed by atoms with Gasteiger partial charge in [-0.05, 0) is 32.0 Å². The van der Waals surface area contributed by atoms with Gasteiger partial charge in [-0.1, -0.05) is 0 Å². The minimum absolute atomic E-state index is 0.577. The smallest absolute Gasteiger partial charge is 0.186 e. The van der Waals surface area contributed by atoms with Crippen LogP contribution in [0.2, 0.25) is 0 Å². The second-order valence-corrected chi connectivity index (χ2v) is 4.27. The topological polar surface area (TPSA) is 71.8 Å². The summed E-state index contributed by atoms with van der Waals surface area (Å²) in [6.07, 6.45) is 1.74. The van der Waals surface area contributed by atoms with Crippen LogP contribution in [0, 0.1) is 18.3 Å². The van der Waals surface area contributed by atoms with Gasteiger partial charge in [0.15, 0.2) is 11.5 Å². The van der Waals surface area contributed by atoms with E-state index < -0.39 is 0 Å². The fourth-order valence-electron chi connectivity index (χ4n) is 2.10. The summed E-state index contributed by atoms with van der Waals surface area (Å²) < 4.78 is 3.70. The number of pyridine rings is 1. The molecule has 94 valence electrons. The maximum Gasteiger partial charge on any atom is 0.186 e. The predicted molar refractivity (Wildman–Crippen MR) is 69.3 cm³/mol. The number of nitriles is 1. The van der Waals surface area contributed by atoms with E-state index in [1.54, 1.807) is 18.3 Å². The highest BCUT2D eigenvalue weighted by molar-refractivity contribution is 5.57. The second-order valence-electron chi connectivity index (χ2n) is 4.27. The molecule has 0 aromatic carbocycles. The highest BCUT2D eigenvalue weighted by Crippen LogP contribution is 2.20. The van der Waals surface area contributed by atoms with E-state index in [-0.39, 0.29) is 0 Å². The van der Waals surface area contributed by atoms with Crippen LogP contribution in [0.3, 0.4) is 0 Å². The first-order valence-electron chi connectivity index (χ1n) is 6.02. The zero-order valence-electron chi connectivity index (χ0n) is 10.7. The Labute approximate surface area is 109 Å². The first kappa shape index (κ1) is 11.4. The third-order valence-corrected chi connectivity index (χ3v) is 2.96. The van der Waals surface area contributed by atoms with Crippen LogP contribution >= 0.6 is 0 Å². The van der Waals surface area contributed by atoms with Crippen molar-refractivity contribution in [2.75, 3.05) is 0 Å². The molecule has 0 bridgehead atoms. The molecule has 0 N–H and O–H groups in total. The highest BCUT2D eigenvalue weighted by Gasteiger charge is 2.14. The molecule has 0 aliphatic heterocycles. The van der Waals surface area contributed by atoms with Gasteiger partial charge < -0.3 is 0 Å². The summed E-state index contributed by atoms with van der Waals surface area (Å²) in [5, 5.41) is 21.7. The molecule has 0 fully saturated rings. The van der Waals surface area contributed by atoms with Crippen molar-refractivity contribution in [1.82, 2.24) is 24.4 Å². The summed E-state index contributed by atoms with van der Waals surface area (Å²) in [6, 6.07) is 7.61. The molecule has 0 saturated heterocycles. The Morgan fingerprint density at radius 1 is 1.32 bits per heavy atom. The first-order chi connectivity index (χ1) is 9.22. The van der Waals surface area contributed by atoms with E-state index in [1.807, 2.05) is 29.0 Å². The van der Waals surface area contributed by atoms with Crippen molar-refractivity contribution in [3.63, 3.8) is 0 Å². The van der Waals surface area contributed by atoms with Crippen molar-refractivity contribution in [1.29, 1.82) is 5.26 Å². The Morgan fingerprint density at radius 3 is 2.89 bits per heavy atom. The lowest BCUT2D eigenvalue weighted by atomic mass is 10.3. The SMILES string of the molecule is CCn1nc(C)cc1-c1nnc2ccc(C#N)cn12. The summed E-state index contributed by atoms with van der Waals surface area (Å²) in [5.41, 5.74) is 3.14. The van der Waals surface area contributed by atoms with Gasteiger partial charge in [-0.25, -0.2) is 0 Å². The predicted octanol–water partition coefficient (Wildman–Crippen LogP) is 1.79. The molecule has 3 aromatic rings. The molecule has 0 spiro atoms. The zero-order chi connectivity index (χ0) is 13.4. The molecule has 0 aliphatic carbocycles. The lowest BCUT2D eigenvalue weighted by Crippen LogP contribution is -2.01. The first-order valence-corrected chi connectivity index (χ1v) is 6.02. The molecule has 19 heavy (non-hydrogen) atoms. The summed E-state index contributed by atoms with van der Waals surface area (Å²) in [5.74, 6) is 0.703. The Kier molecular flexibility index (Phi) is 2.53. The molecule has 0 unspecified atom stereocenters. The van der Waals surface area contributed by atoms with Crippen LogP contribution in [0.5, 0.6) is 0 Å². The fraction of sp³-hybridized carbons (Fsp3) is 0.231. The maximum absolute atomic E-state index is 8.98. The van der Waals surface area contributed by atoms with Crippen LogP contribution < -0.4 is 0 Å². The lowest BCUT2D eigenvalue weighted by Gasteiger charge is -2.02. The van der Waals surface area contributed by atoms with Gasteiger partial charge in [0, 0.05) is 12.7 Å².